The molecule has 0 radical (unpaired) electrons. The van der Waals surface area contributed by atoms with Gasteiger partial charge in [-0.05, 0) is 36.8 Å². The van der Waals surface area contributed by atoms with Crippen molar-refractivity contribution < 1.29 is 14.2 Å². The molecule has 0 bridgehead atoms. The maximum Gasteiger partial charge on any atom is 0.269 e. The maximum atomic E-state index is 10.8. The van der Waals surface area contributed by atoms with Crippen molar-refractivity contribution in [1.82, 2.24) is 5.16 Å². The van der Waals surface area contributed by atoms with Crippen LogP contribution in [0.15, 0.2) is 59.1 Å². The Morgan fingerprint density at radius 1 is 1.17 bits per heavy atom. The lowest BCUT2D eigenvalue weighted by molar-refractivity contribution is -0.384. The van der Waals surface area contributed by atoms with Crippen molar-refractivity contribution in [2.45, 2.75) is 13.5 Å². The molecule has 0 unspecified atom stereocenters. The number of rotatable bonds is 5. The van der Waals surface area contributed by atoms with Crippen LogP contribution in [0.5, 0.6) is 5.75 Å². The van der Waals surface area contributed by atoms with Crippen molar-refractivity contribution in [3.8, 4) is 17.0 Å². The summed E-state index contributed by atoms with van der Waals surface area (Å²) >= 11 is 0. The van der Waals surface area contributed by atoms with Crippen molar-refractivity contribution in [2.75, 3.05) is 0 Å². The van der Waals surface area contributed by atoms with Crippen molar-refractivity contribution in [3.63, 3.8) is 0 Å². The lowest BCUT2D eigenvalue weighted by Gasteiger charge is -2.06. The van der Waals surface area contributed by atoms with E-state index in [4.69, 9.17) is 9.26 Å². The SMILES string of the molecule is Cc1cc(-c2ccc(OCc3cccc([N+](=O)[O-])c3)cc2)no1. The molecule has 0 aliphatic carbocycles. The number of ether oxygens (including phenoxy) is 1. The Balaban J connectivity index is 1.67. The zero-order chi connectivity index (χ0) is 16.2. The Labute approximate surface area is 132 Å². The summed E-state index contributed by atoms with van der Waals surface area (Å²) in [6.45, 7) is 2.11. The van der Waals surface area contributed by atoms with E-state index in [1.165, 1.54) is 12.1 Å². The van der Waals surface area contributed by atoms with E-state index in [1.807, 2.05) is 37.3 Å². The predicted octanol–water partition coefficient (Wildman–Crippen LogP) is 4.14. The van der Waals surface area contributed by atoms with Crippen LogP contribution < -0.4 is 4.74 Å². The van der Waals surface area contributed by atoms with Gasteiger partial charge in [0, 0.05) is 23.8 Å². The molecule has 116 valence electrons. The predicted molar refractivity (Wildman–Crippen MR) is 84.1 cm³/mol. The van der Waals surface area contributed by atoms with Crippen LogP contribution in [-0.2, 0) is 6.61 Å². The molecule has 6 heteroatoms. The van der Waals surface area contributed by atoms with Crippen LogP contribution in [-0.4, -0.2) is 10.1 Å². The quantitative estimate of drug-likeness (QED) is 0.523. The standard InChI is InChI=1S/C17H14N2O4/c1-12-9-17(18-23-12)14-5-7-16(8-6-14)22-11-13-3-2-4-15(10-13)19(20)21/h2-10H,11H2,1H3. The van der Waals surface area contributed by atoms with Crippen LogP contribution in [0.25, 0.3) is 11.3 Å². The van der Waals surface area contributed by atoms with Gasteiger partial charge in [-0.15, -0.1) is 0 Å². The number of nitro groups is 1. The Bertz CT molecular complexity index is 825. The molecule has 0 aliphatic heterocycles. The molecule has 1 heterocycles. The highest BCUT2D eigenvalue weighted by atomic mass is 16.6. The van der Waals surface area contributed by atoms with Gasteiger partial charge in [-0.3, -0.25) is 10.1 Å². The molecule has 0 amide bonds. The Morgan fingerprint density at radius 3 is 2.61 bits per heavy atom. The number of nitro benzene ring substituents is 1. The molecule has 0 spiro atoms. The molecule has 0 saturated carbocycles. The van der Waals surface area contributed by atoms with E-state index < -0.39 is 4.92 Å². The van der Waals surface area contributed by atoms with Gasteiger partial charge in [0.15, 0.2) is 0 Å². The molecular weight excluding hydrogens is 296 g/mol. The molecular formula is C17H14N2O4. The molecule has 6 nitrogen and oxygen atoms in total. The third kappa shape index (κ3) is 3.55. The first-order chi connectivity index (χ1) is 11.1. The fourth-order valence-electron chi connectivity index (χ4n) is 2.15. The molecule has 23 heavy (non-hydrogen) atoms. The van der Waals surface area contributed by atoms with Crippen LogP contribution in [0.4, 0.5) is 5.69 Å². The number of non-ortho nitro benzene ring substituents is 1. The van der Waals surface area contributed by atoms with Crippen molar-refractivity contribution in [1.29, 1.82) is 0 Å². The second kappa shape index (κ2) is 6.31. The first-order valence-electron chi connectivity index (χ1n) is 7.02. The highest BCUT2D eigenvalue weighted by Gasteiger charge is 2.07. The van der Waals surface area contributed by atoms with Gasteiger partial charge < -0.3 is 9.26 Å². The number of nitrogens with zero attached hydrogens (tertiary/aromatic N) is 2. The smallest absolute Gasteiger partial charge is 0.269 e. The van der Waals surface area contributed by atoms with E-state index in [0.717, 1.165) is 22.6 Å². The summed E-state index contributed by atoms with van der Waals surface area (Å²) in [5.41, 5.74) is 2.51. The summed E-state index contributed by atoms with van der Waals surface area (Å²) in [5, 5.41) is 14.7. The molecule has 0 N–H and O–H groups in total. The lowest BCUT2D eigenvalue weighted by atomic mass is 10.1. The summed E-state index contributed by atoms with van der Waals surface area (Å²) in [6, 6.07) is 15.7. The van der Waals surface area contributed by atoms with E-state index in [9.17, 15) is 10.1 Å². The van der Waals surface area contributed by atoms with Gasteiger partial charge in [-0.25, -0.2) is 0 Å². The maximum absolute atomic E-state index is 10.8. The minimum absolute atomic E-state index is 0.0582. The number of hydrogen-bond donors (Lipinski definition) is 0. The second-order valence-electron chi connectivity index (χ2n) is 5.06. The Kier molecular flexibility index (Phi) is 4.05. The number of benzene rings is 2. The molecule has 2 aromatic carbocycles. The van der Waals surface area contributed by atoms with Crippen LogP contribution in [0, 0.1) is 17.0 Å². The van der Waals surface area contributed by atoms with Gasteiger partial charge >= 0.3 is 0 Å². The van der Waals surface area contributed by atoms with E-state index in [1.54, 1.807) is 12.1 Å². The van der Waals surface area contributed by atoms with Gasteiger partial charge in [0.2, 0.25) is 0 Å². The minimum Gasteiger partial charge on any atom is -0.489 e. The van der Waals surface area contributed by atoms with E-state index >= 15 is 0 Å². The number of aryl methyl sites for hydroxylation is 1. The third-order valence-electron chi connectivity index (χ3n) is 3.30. The van der Waals surface area contributed by atoms with Crippen molar-refractivity contribution in [3.05, 3.63) is 76.0 Å². The van der Waals surface area contributed by atoms with Crippen LogP contribution in [0.2, 0.25) is 0 Å². The summed E-state index contributed by atoms with van der Waals surface area (Å²) in [7, 11) is 0. The normalized spacial score (nSPS) is 10.5. The van der Waals surface area contributed by atoms with E-state index in [2.05, 4.69) is 5.16 Å². The average molecular weight is 310 g/mol. The van der Waals surface area contributed by atoms with Crippen molar-refractivity contribution >= 4 is 5.69 Å². The van der Waals surface area contributed by atoms with Crippen LogP contribution in [0.1, 0.15) is 11.3 Å². The molecule has 0 aliphatic rings. The Hall–Kier alpha value is -3.15. The molecule has 0 fully saturated rings. The van der Waals surface area contributed by atoms with Gasteiger partial charge in [-0.1, -0.05) is 17.3 Å². The second-order valence-corrected chi connectivity index (χ2v) is 5.06. The van der Waals surface area contributed by atoms with Crippen LogP contribution >= 0.6 is 0 Å². The summed E-state index contributed by atoms with van der Waals surface area (Å²) < 4.78 is 10.7. The van der Waals surface area contributed by atoms with Gasteiger partial charge in [0.1, 0.15) is 23.8 Å². The largest absolute Gasteiger partial charge is 0.489 e. The molecule has 0 saturated heterocycles. The van der Waals surface area contributed by atoms with Gasteiger partial charge in [-0.2, -0.15) is 0 Å². The van der Waals surface area contributed by atoms with Crippen molar-refractivity contribution in [2.24, 2.45) is 0 Å². The van der Waals surface area contributed by atoms with E-state index in [-0.39, 0.29) is 12.3 Å². The first-order valence-corrected chi connectivity index (χ1v) is 7.02. The zero-order valence-electron chi connectivity index (χ0n) is 12.4. The summed E-state index contributed by atoms with van der Waals surface area (Å²) in [4.78, 5) is 10.3. The molecule has 3 rings (SSSR count). The highest BCUT2D eigenvalue weighted by Crippen LogP contribution is 2.23. The number of hydrogen-bond acceptors (Lipinski definition) is 5. The van der Waals surface area contributed by atoms with E-state index in [0.29, 0.717) is 5.75 Å². The topological polar surface area (TPSA) is 78.4 Å². The van der Waals surface area contributed by atoms with Crippen LogP contribution in [0.3, 0.4) is 0 Å². The molecule has 1 aromatic heterocycles. The number of aromatic nitrogens is 1. The van der Waals surface area contributed by atoms with Gasteiger partial charge in [0.25, 0.3) is 5.69 Å². The molecule has 0 atom stereocenters. The fraction of sp³-hybridized carbons (Fsp3) is 0.118. The Morgan fingerprint density at radius 2 is 1.96 bits per heavy atom. The van der Waals surface area contributed by atoms with Gasteiger partial charge in [0.05, 0.1) is 4.92 Å². The monoisotopic (exact) mass is 310 g/mol. The summed E-state index contributed by atoms with van der Waals surface area (Å²) in [6.07, 6.45) is 0. The minimum atomic E-state index is -0.418. The summed E-state index contributed by atoms with van der Waals surface area (Å²) in [5.74, 6) is 1.44. The lowest BCUT2D eigenvalue weighted by Crippen LogP contribution is -1.96. The first kappa shape index (κ1) is 14.8. The molecule has 3 aromatic rings. The third-order valence-corrected chi connectivity index (χ3v) is 3.30. The fourth-order valence-corrected chi connectivity index (χ4v) is 2.15. The highest BCUT2D eigenvalue weighted by molar-refractivity contribution is 5.59. The zero-order valence-corrected chi connectivity index (χ0v) is 12.4. The average Bonchev–Trinajstić information content (AvgIpc) is 3.00.